The number of anilines is 1. The van der Waals surface area contributed by atoms with E-state index < -0.39 is 8.32 Å². The number of hydrogen-bond donors (Lipinski definition) is 1. The summed E-state index contributed by atoms with van der Waals surface area (Å²) in [7, 11) is -1.67. The van der Waals surface area contributed by atoms with Gasteiger partial charge in [-0.2, -0.15) is 0 Å². The van der Waals surface area contributed by atoms with Gasteiger partial charge < -0.3 is 0 Å². The molecule has 0 aliphatic carbocycles. The summed E-state index contributed by atoms with van der Waals surface area (Å²) >= 11 is 4.25. The fraction of sp³-hybridized carbons (Fsp3) is 0.619. The van der Waals surface area contributed by atoms with Crippen LogP contribution >= 0.6 is 0 Å². The topological polar surface area (TPSA) is 58.6 Å². The number of piperidine rings is 1. The Morgan fingerprint density at radius 3 is 2.75 bits per heavy atom. The van der Waals surface area contributed by atoms with Gasteiger partial charge >= 0.3 is 138 Å². The van der Waals surface area contributed by atoms with Crippen molar-refractivity contribution in [3.8, 4) is 0 Å². The molecule has 1 aromatic carbocycles. The van der Waals surface area contributed by atoms with E-state index in [2.05, 4.69) is 58.4 Å². The van der Waals surface area contributed by atoms with Crippen LogP contribution < -0.4 is 10.2 Å². The van der Waals surface area contributed by atoms with Crippen molar-refractivity contribution in [1.82, 2.24) is 5.32 Å². The first kappa shape index (κ1) is 21.6. The molecule has 2 fully saturated rings. The van der Waals surface area contributed by atoms with Gasteiger partial charge in [0.05, 0.1) is 0 Å². The zero-order valence-corrected chi connectivity index (χ0v) is 19.1. The minimum absolute atomic E-state index is 0.166. The average Bonchev–Trinajstić information content (AvgIpc) is 2.62. The van der Waals surface area contributed by atoms with Crippen molar-refractivity contribution in [2.24, 2.45) is 5.92 Å². The van der Waals surface area contributed by atoms with Gasteiger partial charge in [-0.1, -0.05) is 0 Å². The van der Waals surface area contributed by atoms with Crippen LogP contribution in [-0.2, 0) is 30.0 Å². The van der Waals surface area contributed by atoms with Gasteiger partial charge in [-0.25, -0.2) is 0 Å². The molecule has 0 bridgehead atoms. The fourth-order valence-electron chi connectivity index (χ4n) is 3.98. The van der Waals surface area contributed by atoms with Crippen molar-refractivity contribution < 1.29 is 30.0 Å². The Bertz CT molecular complexity index is 721. The van der Waals surface area contributed by atoms with Gasteiger partial charge in [0, 0.05) is 6.42 Å². The molecule has 2 heterocycles. The molecule has 2 aliphatic rings. The Kier molecular flexibility index (Phi) is 7.02. The van der Waals surface area contributed by atoms with Gasteiger partial charge in [0.1, 0.15) is 0 Å². The van der Waals surface area contributed by atoms with E-state index in [1.165, 1.54) is 0 Å². The number of carbonyl (C=O) groups is 2. The Morgan fingerprint density at radius 1 is 1.32 bits per heavy atom. The first-order valence-electron chi connectivity index (χ1n) is 10.3. The van der Waals surface area contributed by atoms with Crippen molar-refractivity contribution in [1.29, 1.82) is 0 Å². The van der Waals surface area contributed by atoms with Crippen molar-refractivity contribution >= 4 is 25.8 Å². The molecule has 1 aromatic rings. The average molecular weight is 443 g/mol. The molecule has 2 saturated heterocycles. The Hall–Kier alpha value is -1.14. The van der Waals surface area contributed by atoms with Crippen LogP contribution in [0.1, 0.15) is 44.1 Å². The second-order valence-electron chi connectivity index (χ2n) is 8.47. The van der Waals surface area contributed by atoms with Crippen LogP contribution in [0.25, 0.3) is 0 Å². The van der Waals surface area contributed by atoms with Gasteiger partial charge in [-0.15, -0.1) is 0 Å². The fourth-order valence-corrected chi connectivity index (χ4v) is 6.06. The standard InChI is InChI=1S/C21H31N2O3Si.Fe/c1-4-12-27(2,3)26-11-10-16-14-23(15-16)18-7-5-6-17(13-18)19-8-9-20(24)22-21(19)25;/h5-7,12-13,16,19H,4,8-11,14-15H2,1-3H3,(H,22,24,25);. The molecule has 1 N–H and O–H groups in total. The monoisotopic (exact) mass is 443 g/mol. The number of amides is 2. The summed E-state index contributed by atoms with van der Waals surface area (Å²) < 4.78 is 6.68. The van der Waals surface area contributed by atoms with Crippen LogP contribution in [-0.4, -0.2) is 39.8 Å². The zero-order valence-electron chi connectivity index (χ0n) is 17.0. The second-order valence-corrected chi connectivity index (χ2v) is 14.0. The Morgan fingerprint density at radius 2 is 2.07 bits per heavy atom. The van der Waals surface area contributed by atoms with Crippen molar-refractivity contribution in [3.63, 3.8) is 0 Å². The van der Waals surface area contributed by atoms with Crippen molar-refractivity contribution in [2.75, 3.05) is 24.6 Å². The molecule has 28 heavy (non-hydrogen) atoms. The molecule has 0 saturated carbocycles. The number of nitrogens with one attached hydrogen (secondary N) is 1. The molecule has 2 aliphatic heterocycles. The predicted octanol–water partition coefficient (Wildman–Crippen LogP) is 3.54. The molecule has 0 aromatic heterocycles. The quantitative estimate of drug-likeness (QED) is 0.493. The van der Waals surface area contributed by atoms with Crippen LogP contribution in [0, 0.1) is 5.92 Å². The van der Waals surface area contributed by atoms with Crippen LogP contribution in [0.15, 0.2) is 24.3 Å². The first-order valence-corrected chi connectivity index (χ1v) is 13.9. The van der Waals surface area contributed by atoms with E-state index in [-0.39, 0.29) is 17.7 Å². The molecule has 7 heteroatoms. The summed E-state index contributed by atoms with van der Waals surface area (Å²) in [6, 6.07) is 8.21. The molecule has 3 rings (SSSR count). The molecule has 2 unspecified atom stereocenters. The molecule has 0 radical (unpaired) electrons. The van der Waals surface area contributed by atoms with Gasteiger partial charge in [-0.05, 0) is 6.42 Å². The summed E-state index contributed by atoms with van der Waals surface area (Å²) in [5.74, 6) is 0.105. The van der Waals surface area contributed by atoms with Crippen LogP contribution in [0.4, 0.5) is 5.69 Å². The predicted molar refractivity (Wildman–Crippen MR) is 109 cm³/mol. The number of rotatable bonds is 8. The minimum atomic E-state index is -1.67. The molecule has 0 spiro atoms. The van der Waals surface area contributed by atoms with E-state index in [1.807, 2.05) is 12.1 Å². The molecule has 5 nitrogen and oxygen atoms in total. The second kappa shape index (κ2) is 9.12. The van der Waals surface area contributed by atoms with Gasteiger partial charge in [0.25, 0.3) is 0 Å². The number of imide groups is 1. The number of nitrogens with zero attached hydrogens (tertiary/aromatic N) is 1. The molecule has 2 atom stereocenters. The van der Waals surface area contributed by atoms with E-state index >= 15 is 0 Å². The molecular weight excluding hydrogens is 412 g/mol. The molecule has 155 valence electrons. The van der Waals surface area contributed by atoms with Crippen LogP contribution in [0.3, 0.4) is 0 Å². The van der Waals surface area contributed by atoms with E-state index in [9.17, 15) is 9.59 Å². The number of hydrogen-bond acceptors (Lipinski definition) is 4. The first-order chi connectivity index (χ1) is 13.3. The third kappa shape index (κ3) is 5.06. The van der Waals surface area contributed by atoms with Gasteiger partial charge in [-0.3, -0.25) is 14.9 Å². The van der Waals surface area contributed by atoms with E-state index in [4.69, 9.17) is 4.43 Å². The molecular formula is C21H31FeN2O3Si. The summed E-state index contributed by atoms with van der Waals surface area (Å²) in [6.45, 7) is 9.61. The van der Waals surface area contributed by atoms with Crippen molar-refractivity contribution in [3.05, 3.63) is 29.8 Å². The molecule has 2 amide bonds. The number of carbonyl (C=O) groups excluding carboxylic acids is 2. The zero-order chi connectivity index (χ0) is 20.3. The van der Waals surface area contributed by atoms with Gasteiger partial charge in [0.2, 0.25) is 11.8 Å². The van der Waals surface area contributed by atoms with E-state index in [1.54, 1.807) is 0 Å². The van der Waals surface area contributed by atoms with E-state index in [0.29, 0.717) is 23.2 Å². The summed E-state index contributed by atoms with van der Waals surface area (Å²) in [5.41, 5.74) is 2.17. The Labute approximate surface area is 177 Å². The maximum absolute atomic E-state index is 12.1. The number of benzene rings is 1. The van der Waals surface area contributed by atoms with Crippen LogP contribution in [0.2, 0.25) is 17.5 Å². The van der Waals surface area contributed by atoms with E-state index in [0.717, 1.165) is 43.8 Å². The summed E-state index contributed by atoms with van der Waals surface area (Å²) in [6.07, 6.45) is 3.19. The van der Waals surface area contributed by atoms with Crippen LogP contribution in [0.5, 0.6) is 0 Å². The maximum atomic E-state index is 12.1. The normalized spacial score (nSPS) is 22.0. The summed E-state index contributed by atoms with van der Waals surface area (Å²) in [5, 5.41) is 2.45. The third-order valence-electron chi connectivity index (χ3n) is 5.92. The van der Waals surface area contributed by atoms with Crippen molar-refractivity contribution in [2.45, 2.75) is 56.1 Å². The van der Waals surface area contributed by atoms with Gasteiger partial charge in [0.15, 0.2) is 0 Å². The SMILES string of the molecule is CC[CH]([Fe])[Si](C)(C)OCCC1CN(c2cccc(C3CCC(=O)NC3=O)c2)C1. The summed E-state index contributed by atoms with van der Waals surface area (Å²) in [4.78, 5) is 25.9. The third-order valence-corrected chi connectivity index (χ3v) is 11.5. The Balaban J connectivity index is 1.48.